The molecule has 0 aliphatic carbocycles. The topological polar surface area (TPSA) is 74.2 Å². The van der Waals surface area contributed by atoms with Crippen molar-refractivity contribution in [2.75, 3.05) is 32.8 Å². The number of amides is 4. The molecule has 2 aliphatic heterocycles. The van der Waals surface area contributed by atoms with Crippen molar-refractivity contribution < 1.29 is 19.3 Å². The van der Waals surface area contributed by atoms with Gasteiger partial charge in [-0.25, -0.2) is 9.69 Å². The first kappa shape index (κ1) is 18.6. The van der Waals surface area contributed by atoms with Gasteiger partial charge >= 0.3 is 6.03 Å². The molecule has 2 fully saturated rings. The van der Waals surface area contributed by atoms with E-state index in [9.17, 15) is 14.4 Å². The van der Waals surface area contributed by atoms with E-state index in [1.807, 2.05) is 52.7 Å². The number of nitrogens with zero attached hydrogens (tertiary/aromatic N) is 2. The average Bonchev–Trinajstić information content (AvgIpc) is 3.33. The summed E-state index contributed by atoms with van der Waals surface area (Å²) in [6.45, 7) is 4.70. The molecule has 1 aromatic carbocycles. The molecule has 4 amide bonds. The van der Waals surface area contributed by atoms with Gasteiger partial charge in [-0.15, -0.1) is 11.3 Å². The maximum Gasteiger partial charge on any atom is 0.329 e. The standard InChI is InChI=1S/C20H22N4O3S/c1-20(15-6-3-2-4-7-15)18(26)24(19(27)21-20)14-22-9-11-23(12-10-22)17(25)16-8-5-13-28-16/h2-8,13H,9-12,14H2,1H3,(H,21,27)/p+1/t20-/m0/s1. The lowest BCUT2D eigenvalue weighted by Crippen LogP contribution is -3.16. The normalized spacial score (nSPS) is 23.2. The van der Waals surface area contributed by atoms with Crippen LogP contribution in [0.25, 0.3) is 0 Å². The molecule has 0 bridgehead atoms. The van der Waals surface area contributed by atoms with Crippen molar-refractivity contribution in [2.24, 2.45) is 0 Å². The quantitative estimate of drug-likeness (QED) is 0.736. The molecule has 8 heteroatoms. The SMILES string of the molecule is C[C@@]1(c2ccccc2)NC(=O)N(C[NH+]2CCN(C(=O)c3cccs3)CC2)C1=O. The van der Waals surface area contributed by atoms with Crippen LogP contribution in [0.4, 0.5) is 4.79 Å². The number of hydrogen-bond donors (Lipinski definition) is 2. The Morgan fingerprint density at radius 1 is 1.14 bits per heavy atom. The van der Waals surface area contributed by atoms with Gasteiger partial charge < -0.3 is 15.1 Å². The Morgan fingerprint density at radius 2 is 1.86 bits per heavy atom. The molecule has 2 aromatic rings. The Balaban J connectivity index is 1.38. The Hall–Kier alpha value is -2.71. The van der Waals surface area contributed by atoms with Gasteiger partial charge in [-0.2, -0.15) is 0 Å². The zero-order valence-electron chi connectivity index (χ0n) is 15.7. The van der Waals surface area contributed by atoms with Gasteiger partial charge in [0.15, 0.2) is 6.67 Å². The number of urea groups is 1. The zero-order chi connectivity index (χ0) is 19.7. The Morgan fingerprint density at radius 3 is 2.50 bits per heavy atom. The number of hydrogen-bond acceptors (Lipinski definition) is 4. The van der Waals surface area contributed by atoms with Gasteiger partial charge in [0.05, 0.1) is 31.1 Å². The molecule has 3 heterocycles. The van der Waals surface area contributed by atoms with Crippen LogP contribution in [-0.2, 0) is 10.3 Å². The highest BCUT2D eigenvalue weighted by Gasteiger charge is 2.50. The van der Waals surface area contributed by atoms with E-state index < -0.39 is 5.54 Å². The molecule has 1 aromatic heterocycles. The second-order valence-electron chi connectivity index (χ2n) is 7.33. The monoisotopic (exact) mass is 399 g/mol. The fourth-order valence-electron chi connectivity index (χ4n) is 3.77. The lowest BCUT2D eigenvalue weighted by molar-refractivity contribution is -0.911. The van der Waals surface area contributed by atoms with Crippen molar-refractivity contribution in [1.29, 1.82) is 0 Å². The molecule has 0 saturated carbocycles. The number of rotatable bonds is 4. The predicted octanol–water partition coefficient (Wildman–Crippen LogP) is 0.514. The Kier molecular flexibility index (Phi) is 4.91. The summed E-state index contributed by atoms with van der Waals surface area (Å²) in [5.74, 6) is -0.172. The van der Waals surface area contributed by atoms with Gasteiger partial charge in [-0.1, -0.05) is 36.4 Å². The van der Waals surface area contributed by atoms with Gasteiger partial charge in [0.2, 0.25) is 0 Å². The number of carbonyl (C=O) groups excluding carboxylic acids is 3. The van der Waals surface area contributed by atoms with E-state index in [4.69, 9.17) is 0 Å². The lowest BCUT2D eigenvalue weighted by atomic mass is 9.92. The number of imide groups is 1. The third-order valence-corrected chi connectivity index (χ3v) is 6.36. The molecule has 2 saturated heterocycles. The highest BCUT2D eigenvalue weighted by molar-refractivity contribution is 7.12. The van der Waals surface area contributed by atoms with Crippen molar-refractivity contribution in [2.45, 2.75) is 12.5 Å². The summed E-state index contributed by atoms with van der Waals surface area (Å²) in [6, 6.07) is 12.7. The minimum Gasteiger partial charge on any atom is -0.327 e. The van der Waals surface area contributed by atoms with Crippen LogP contribution in [0.1, 0.15) is 22.2 Å². The van der Waals surface area contributed by atoms with Crippen molar-refractivity contribution in [3.63, 3.8) is 0 Å². The molecule has 0 spiro atoms. The van der Waals surface area contributed by atoms with Crippen molar-refractivity contribution in [3.8, 4) is 0 Å². The molecule has 0 radical (unpaired) electrons. The molecule has 2 N–H and O–H groups in total. The third-order valence-electron chi connectivity index (χ3n) is 5.50. The molecule has 4 rings (SSSR count). The van der Waals surface area contributed by atoms with Crippen LogP contribution in [0.5, 0.6) is 0 Å². The highest BCUT2D eigenvalue weighted by Crippen LogP contribution is 2.27. The maximum atomic E-state index is 13.0. The van der Waals surface area contributed by atoms with E-state index in [2.05, 4.69) is 5.32 Å². The van der Waals surface area contributed by atoms with Gasteiger partial charge in [0.25, 0.3) is 11.8 Å². The molecule has 1 atom stereocenters. The summed E-state index contributed by atoms with van der Waals surface area (Å²) in [7, 11) is 0. The largest absolute Gasteiger partial charge is 0.329 e. The second kappa shape index (κ2) is 7.37. The maximum absolute atomic E-state index is 13.0. The number of carbonyl (C=O) groups is 3. The van der Waals surface area contributed by atoms with Gasteiger partial charge in [0.1, 0.15) is 5.54 Å². The first-order valence-corrected chi connectivity index (χ1v) is 10.2. The van der Waals surface area contributed by atoms with Crippen LogP contribution in [0.15, 0.2) is 47.8 Å². The fraction of sp³-hybridized carbons (Fsp3) is 0.350. The summed E-state index contributed by atoms with van der Waals surface area (Å²) >= 11 is 1.45. The minimum atomic E-state index is -1.03. The number of piperazine rings is 1. The second-order valence-corrected chi connectivity index (χ2v) is 8.28. The predicted molar refractivity (Wildman–Crippen MR) is 105 cm³/mol. The number of thiophene rings is 1. The molecule has 28 heavy (non-hydrogen) atoms. The van der Waals surface area contributed by atoms with Crippen molar-refractivity contribution in [1.82, 2.24) is 15.1 Å². The molecule has 0 unspecified atom stereocenters. The first-order chi connectivity index (χ1) is 13.5. The van der Waals surface area contributed by atoms with Crippen LogP contribution in [0.2, 0.25) is 0 Å². The van der Waals surface area contributed by atoms with E-state index >= 15 is 0 Å². The number of benzene rings is 1. The third kappa shape index (κ3) is 3.29. The molecule has 7 nitrogen and oxygen atoms in total. The minimum absolute atomic E-state index is 0.0562. The van der Waals surface area contributed by atoms with E-state index in [0.29, 0.717) is 32.8 Å². The van der Waals surface area contributed by atoms with Gasteiger partial charge in [-0.3, -0.25) is 9.59 Å². The smallest absolute Gasteiger partial charge is 0.327 e. The van der Waals surface area contributed by atoms with E-state index in [-0.39, 0.29) is 17.8 Å². The zero-order valence-corrected chi connectivity index (χ0v) is 16.5. The van der Waals surface area contributed by atoms with Crippen LogP contribution in [0.3, 0.4) is 0 Å². The van der Waals surface area contributed by atoms with Gasteiger partial charge in [-0.05, 0) is 23.9 Å². The highest BCUT2D eigenvalue weighted by atomic mass is 32.1. The summed E-state index contributed by atoms with van der Waals surface area (Å²) in [5, 5.41) is 4.74. The summed E-state index contributed by atoms with van der Waals surface area (Å²) in [4.78, 5) is 43.0. The van der Waals surface area contributed by atoms with Crippen molar-refractivity contribution in [3.05, 3.63) is 58.3 Å². The Bertz CT molecular complexity index is 878. The number of quaternary nitrogens is 1. The summed E-state index contributed by atoms with van der Waals surface area (Å²) in [5.41, 5.74) is -0.258. The summed E-state index contributed by atoms with van der Waals surface area (Å²) in [6.07, 6.45) is 0. The number of nitrogens with one attached hydrogen (secondary N) is 2. The fourth-order valence-corrected chi connectivity index (χ4v) is 4.46. The average molecular weight is 399 g/mol. The van der Waals surface area contributed by atoms with Crippen LogP contribution >= 0.6 is 11.3 Å². The van der Waals surface area contributed by atoms with Crippen LogP contribution in [0, 0.1) is 0 Å². The van der Waals surface area contributed by atoms with Crippen molar-refractivity contribution >= 4 is 29.2 Å². The van der Waals surface area contributed by atoms with Gasteiger partial charge in [0, 0.05) is 0 Å². The van der Waals surface area contributed by atoms with Crippen LogP contribution in [-0.4, -0.2) is 60.5 Å². The first-order valence-electron chi connectivity index (χ1n) is 9.35. The Labute approximate surface area is 167 Å². The molecular weight excluding hydrogens is 376 g/mol. The van der Waals surface area contributed by atoms with E-state index in [1.54, 1.807) is 6.92 Å². The molecule has 2 aliphatic rings. The lowest BCUT2D eigenvalue weighted by Gasteiger charge is -2.33. The van der Waals surface area contributed by atoms with Crippen LogP contribution < -0.4 is 10.2 Å². The summed E-state index contributed by atoms with van der Waals surface area (Å²) < 4.78 is 0. The molecule has 146 valence electrons. The van der Waals surface area contributed by atoms with E-state index in [1.165, 1.54) is 16.2 Å². The molecular formula is C20H23N4O3S+. The van der Waals surface area contributed by atoms with E-state index in [0.717, 1.165) is 15.3 Å².